The largest absolute Gasteiger partial charge is 0.313 e. The van der Waals surface area contributed by atoms with Gasteiger partial charge in [-0.15, -0.1) is 0 Å². The molecule has 1 heterocycles. The molecular formula is C11H20N2O2S. The maximum absolute atomic E-state index is 12.0. The van der Waals surface area contributed by atoms with Gasteiger partial charge in [0.25, 0.3) is 0 Å². The van der Waals surface area contributed by atoms with E-state index in [1.54, 1.807) is 4.31 Å². The van der Waals surface area contributed by atoms with Crippen LogP contribution in [0.15, 0.2) is 11.6 Å². The molecule has 1 N–H and O–H groups in total. The molecule has 2 aliphatic rings. The summed E-state index contributed by atoms with van der Waals surface area (Å²) >= 11 is 0. The van der Waals surface area contributed by atoms with Gasteiger partial charge in [0.15, 0.2) is 0 Å². The minimum Gasteiger partial charge on any atom is -0.313 e. The molecule has 0 amide bonds. The first-order valence-corrected chi connectivity index (χ1v) is 7.56. The molecule has 0 bridgehead atoms. The van der Waals surface area contributed by atoms with Gasteiger partial charge < -0.3 is 5.32 Å². The normalized spacial score (nSPS) is 23.2. The number of rotatable bonds is 5. The van der Waals surface area contributed by atoms with Crippen LogP contribution < -0.4 is 5.32 Å². The van der Waals surface area contributed by atoms with Crippen LogP contribution in [-0.2, 0) is 10.0 Å². The van der Waals surface area contributed by atoms with E-state index in [4.69, 9.17) is 0 Å². The topological polar surface area (TPSA) is 49.4 Å². The fraction of sp³-hybridized carbons (Fsp3) is 0.818. The van der Waals surface area contributed by atoms with E-state index in [1.165, 1.54) is 18.4 Å². The summed E-state index contributed by atoms with van der Waals surface area (Å²) in [5.74, 6) is 0.233. The van der Waals surface area contributed by atoms with E-state index in [9.17, 15) is 8.42 Å². The lowest BCUT2D eigenvalue weighted by molar-refractivity contribution is 0.430. The summed E-state index contributed by atoms with van der Waals surface area (Å²) in [7, 11) is -3.05. The van der Waals surface area contributed by atoms with Crippen molar-refractivity contribution in [3.05, 3.63) is 11.6 Å². The van der Waals surface area contributed by atoms with E-state index in [0.717, 1.165) is 6.42 Å². The third-order valence-electron chi connectivity index (χ3n) is 3.16. The van der Waals surface area contributed by atoms with Gasteiger partial charge in [-0.05, 0) is 26.2 Å². The van der Waals surface area contributed by atoms with Crippen molar-refractivity contribution in [2.24, 2.45) is 0 Å². The number of hydrogen-bond acceptors (Lipinski definition) is 3. The van der Waals surface area contributed by atoms with Crippen LogP contribution in [0.25, 0.3) is 0 Å². The summed E-state index contributed by atoms with van der Waals surface area (Å²) in [6.45, 7) is 3.84. The monoisotopic (exact) mass is 244 g/mol. The Morgan fingerprint density at radius 1 is 1.50 bits per heavy atom. The highest BCUT2D eigenvalue weighted by molar-refractivity contribution is 7.89. The highest BCUT2D eigenvalue weighted by Gasteiger charge is 2.25. The van der Waals surface area contributed by atoms with Crippen LogP contribution in [0.2, 0.25) is 0 Å². The van der Waals surface area contributed by atoms with Crippen LogP contribution in [0, 0.1) is 0 Å². The zero-order valence-electron chi connectivity index (χ0n) is 9.78. The zero-order valence-corrected chi connectivity index (χ0v) is 10.6. The predicted octanol–water partition coefficient (Wildman–Crippen LogP) is 0.720. The average Bonchev–Trinajstić information content (AvgIpc) is 3.02. The van der Waals surface area contributed by atoms with E-state index < -0.39 is 10.0 Å². The van der Waals surface area contributed by atoms with Crippen molar-refractivity contribution in [3.8, 4) is 0 Å². The molecule has 1 aliphatic heterocycles. The Bertz CT molecular complexity index is 371. The van der Waals surface area contributed by atoms with E-state index in [-0.39, 0.29) is 5.75 Å². The highest BCUT2D eigenvalue weighted by atomic mass is 32.2. The minimum atomic E-state index is -3.05. The molecule has 1 saturated carbocycles. The average molecular weight is 244 g/mol. The number of hydrogen-bond donors (Lipinski definition) is 1. The molecule has 0 unspecified atom stereocenters. The lowest BCUT2D eigenvalue weighted by Crippen LogP contribution is -2.39. The van der Waals surface area contributed by atoms with Crippen molar-refractivity contribution < 1.29 is 8.42 Å². The summed E-state index contributed by atoms with van der Waals surface area (Å²) in [6.07, 6.45) is 5.28. The molecule has 0 saturated heterocycles. The van der Waals surface area contributed by atoms with Crippen molar-refractivity contribution in [2.45, 2.75) is 32.2 Å². The SMILES string of the molecule is CC1=CCN(S(=O)(=O)CCNC2CC2)CC1. The lowest BCUT2D eigenvalue weighted by Gasteiger charge is -2.24. The molecule has 1 aliphatic carbocycles. The number of nitrogens with zero attached hydrogens (tertiary/aromatic N) is 1. The Morgan fingerprint density at radius 2 is 2.25 bits per heavy atom. The Labute approximate surface area is 97.8 Å². The first kappa shape index (κ1) is 12.1. The van der Waals surface area contributed by atoms with Gasteiger partial charge in [-0.25, -0.2) is 8.42 Å². The molecular weight excluding hydrogens is 224 g/mol. The maximum atomic E-state index is 12.0. The molecule has 0 radical (unpaired) electrons. The van der Waals surface area contributed by atoms with Gasteiger partial charge in [-0.3, -0.25) is 0 Å². The summed E-state index contributed by atoms with van der Waals surface area (Å²) in [4.78, 5) is 0. The van der Waals surface area contributed by atoms with Crippen molar-refractivity contribution in [3.63, 3.8) is 0 Å². The molecule has 0 aromatic carbocycles. The van der Waals surface area contributed by atoms with Crippen LogP contribution in [0.5, 0.6) is 0 Å². The van der Waals surface area contributed by atoms with Crippen molar-refractivity contribution in [2.75, 3.05) is 25.4 Å². The summed E-state index contributed by atoms with van der Waals surface area (Å²) < 4.78 is 25.5. The first-order chi connectivity index (χ1) is 7.58. The van der Waals surface area contributed by atoms with Gasteiger partial charge in [-0.2, -0.15) is 4.31 Å². The number of nitrogens with one attached hydrogen (secondary N) is 1. The van der Waals surface area contributed by atoms with Crippen LogP contribution >= 0.6 is 0 Å². The fourth-order valence-electron chi connectivity index (χ4n) is 1.81. The molecule has 16 heavy (non-hydrogen) atoms. The molecule has 0 aromatic rings. The molecule has 0 atom stereocenters. The lowest BCUT2D eigenvalue weighted by atomic mass is 10.1. The van der Waals surface area contributed by atoms with Crippen LogP contribution in [0.3, 0.4) is 0 Å². The van der Waals surface area contributed by atoms with E-state index >= 15 is 0 Å². The second-order valence-corrected chi connectivity index (χ2v) is 6.79. The molecule has 5 heteroatoms. The summed E-state index contributed by atoms with van der Waals surface area (Å²) in [6, 6.07) is 0.582. The molecule has 0 spiro atoms. The molecule has 92 valence electrons. The Hall–Kier alpha value is -0.390. The Morgan fingerprint density at radius 3 is 2.81 bits per heavy atom. The smallest absolute Gasteiger partial charge is 0.215 e. The van der Waals surface area contributed by atoms with Crippen LogP contribution in [-0.4, -0.2) is 44.2 Å². The quantitative estimate of drug-likeness (QED) is 0.725. The van der Waals surface area contributed by atoms with Crippen molar-refractivity contribution in [1.82, 2.24) is 9.62 Å². The second-order valence-electron chi connectivity index (χ2n) is 4.70. The highest BCUT2D eigenvalue weighted by Crippen LogP contribution is 2.18. The molecule has 1 fully saturated rings. The van der Waals surface area contributed by atoms with Gasteiger partial charge in [0.05, 0.1) is 5.75 Å². The maximum Gasteiger partial charge on any atom is 0.215 e. The van der Waals surface area contributed by atoms with Gasteiger partial charge >= 0.3 is 0 Å². The van der Waals surface area contributed by atoms with Crippen LogP contribution in [0.1, 0.15) is 26.2 Å². The first-order valence-electron chi connectivity index (χ1n) is 5.95. The summed E-state index contributed by atoms with van der Waals surface area (Å²) in [5.41, 5.74) is 1.29. The molecule has 4 nitrogen and oxygen atoms in total. The second kappa shape index (κ2) is 4.85. The minimum absolute atomic E-state index is 0.233. The van der Waals surface area contributed by atoms with E-state index in [0.29, 0.717) is 25.7 Å². The van der Waals surface area contributed by atoms with Crippen LogP contribution in [0.4, 0.5) is 0 Å². The number of sulfonamides is 1. The fourth-order valence-corrected chi connectivity index (χ4v) is 3.12. The predicted molar refractivity (Wildman–Crippen MR) is 64.8 cm³/mol. The third kappa shape index (κ3) is 3.30. The Balaban J connectivity index is 1.81. The summed E-state index contributed by atoms with van der Waals surface area (Å²) in [5, 5.41) is 3.24. The van der Waals surface area contributed by atoms with E-state index in [1.807, 2.05) is 6.08 Å². The van der Waals surface area contributed by atoms with Gasteiger partial charge in [0, 0.05) is 25.7 Å². The van der Waals surface area contributed by atoms with Crippen molar-refractivity contribution in [1.29, 1.82) is 0 Å². The Kier molecular flexibility index (Phi) is 3.66. The van der Waals surface area contributed by atoms with Crippen molar-refractivity contribution >= 4 is 10.0 Å². The van der Waals surface area contributed by atoms with Gasteiger partial charge in [0.2, 0.25) is 10.0 Å². The third-order valence-corrected chi connectivity index (χ3v) is 5.00. The molecule has 0 aromatic heterocycles. The molecule has 2 rings (SSSR count). The van der Waals surface area contributed by atoms with Gasteiger partial charge in [0.1, 0.15) is 0 Å². The standard InChI is InChI=1S/C11H20N2O2S/c1-10-4-7-13(8-5-10)16(14,15)9-6-12-11-2-3-11/h4,11-12H,2-3,5-9H2,1H3. The van der Waals surface area contributed by atoms with Gasteiger partial charge in [-0.1, -0.05) is 11.6 Å². The van der Waals surface area contributed by atoms with E-state index in [2.05, 4.69) is 12.2 Å². The zero-order chi connectivity index (χ0) is 11.6.